The number of para-hydroxylation sites is 1. The zero-order valence-corrected chi connectivity index (χ0v) is 25.8. The number of aromatic nitrogens is 1. The maximum atomic E-state index is 13.5. The molecule has 2 N–H and O–H groups in total. The number of carbonyl (C=O) groups is 2. The standard InChI is InChI=1S/C38H38N4O2/c1-24-17-29-14-16-42(23-32(29)18-25(24)2)15-13-28-9-11-33(12-10-28)40-38(44)34-19-26(3)27(4)20-36(34)41-37(43)31-21-30-7-5-6-8-35(30)39-22-31/h5-12,17-22H,13-16,23H2,1-4H3,(H,40,44)(H,41,43). The highest BCUT2D eigenvalue weighted by Gasteiger charge is 2.19. The number of aryl methyl sites for hydroxylation is 4. The zero-order chi connectivity index (χ0) is 30.8. The minimum Gasteiger partial charge on any atom is -0.322 e. The van der Waals surface area contributed by atoms with Crippen molar-refractivity contribution in [1.29, 1.82) is 0 Å². The molecule has 1 aromatic heterocycles. The van der Waals surface area contributed by atoms with Gasteiger partial charge >= 0.3 is 0 Å². The summed E-state index contributed by atoms with van der Waals surface area (Å²) in [6, 6.07) is 25.9. The number of anilines is 2. The molecule has 0 saturated heterocycles. The smallest absolute Gasteiger partial charge is 0.257 e. The van der Waals surface area contributed by atoms with Gasteiger partial charge in [0.1, 0.15) is 0 Å². The van der Waals surface area contributed by atoms with Gasteiger partial charge in [0.15, 0.2) is 0 Å². The second-order valence-electron chi connectivity index (χ2n) is 12.0. The van der Waals surface area contributed by atoms with Gasteiger partial charge in [0.25, 0.3) is 11.8 Å². The normalized spacial score (nSPS) is 13.0. The summed E-state index contributed by atoms with van der Waals surface area (Å²) < 4.78 is 0. The minimum absolute atomic E-state index is 0.273. The molecule has 1 aliphatic rings. The Bertz CT molecular complexity index is 1880. The van der Waals surface area contributed by atoms with E-state index >= 15 is 0 Å². The average molecular weight is 583 g/mol. The fraction of sp³-hybridized carbons (Fsp3) is 0.237. The monoisotopic (exact) mass is 582 g/mol. The zero-order valence-electron chi connectivity index (χ0n) is 25.8. The first-order valence-corrected chi connectivity index (χ1v) is 15.2. The van der Waals surface area contributed by atoms with Gasteiger partial charge in [-0.25, -0.2) is 0 Å². The minimum atomic E-state index is -0.313. The summed E-state index contributed by atoms with van der Waals surface area (Å²) in [7, 11) is 0. The van der Waals surface area contributed by atoms with Crippen LogP contribution in [0.15, 0.2) is 85.1 Å². The lowest BCUT2D eigenvalue weighted by Gasteiger charge is -2.29. The van der Waals surface area contributed by atoms with Crippen LogP contribution in [0.5, 0.6) is 0 Å². The Morgan fingerprint density at radius 1 is 0.773 bits per heavy atom. The first-order valence-electron chi connectivity index (χ1n) is 15.2. The van der Waals surface area contributed by atoms with Crippen molar-refractivity contribution in [3.05, 3.63) is 135 Å². The molecule has 4 aromatic carbocycles. The van der Waals surface area contributed by atoms with Crippen LogP contribution >= 0.6 is 0 Å². The Hall–Kier alpha value is -4.81. The van der Waals surface area contributed by atoms with E-state index in [1.54, 1.807) is 6.20 Å². The van der Waals surface area contributed by atoms with Gasteiger partial charge in [-0.3, -0.25) is 19.5 Å². The number of benzene rings is 4. The van der Waals surface area contributed by atoms with Crippen molar-refractivity contribution >= 4 is 34.1 Å². The first kappa shape index (κ1) is 29.3. The number of amides is 2. The fourth-order valence-corrected chi connectivity index (χ4v) is 5.84. The lowest BCUT2D eigenvalue weighted by atomic mass is 9.94. The molecule has 2 heterocycles. The molecule has 0 aliphatic carbocycles. The first-order chi connectivity index (χ1) is 21.2. The van der Waals surface area contributed by atoms with E-state index in [4.69, 9.17) is 0 Å². The van der Waals surface area contributed by atoms with Crippen molar-refractivity contribution in [2.24, 2.45) is 0 Å². The number of fused-ring (bicyclic) bond motifs is 2. The maximum Gasteiger partial charge on any atom is 0.257 e. The third-order valence-corrected chi connectivity index (χ3v) is 8.82. The molecule has 1 aliphatic heterocycles. The van der Waals surface area contributed by atoms with E-state index in [-0.39, 0.29) is 11.8 Å². The molecule has 6 nitrogen and oxygen atoms in total. The summed E-state index contributed by atoms with van der Waals surface area (Å²) >= 11 is 0. The van der Waals surface area contributed by atoms with Gasteiger partial charge in [-0.1, -0.05) is 42.5 Å². The Morgan fingerprint density at radius 3 is 2.27 bits per heavy atom. The summed E-state index contributed by atoms with van der Waals surface area (Å²) in [6.07, 6.45) is 3.61. The number of nitrogens with one attached hydrogen (secondary N) is 2. The Balaban J connectivity index is 1.10. The third-order valence-electron chi connectivity index (χ3n) is 8.82. The predicted octanol–water partition coefficient (Wildman–Crippen LogP) is 7.57. The molecule has 0 atom stereocenters. The molecular formula is C38H38N4O2. The van der Waals surface area contributed by atoms with E-state index in [1.165, 1.54) is 27.8 Å². The van der Waals surface area contributed by atoms with Gasteiger partial charge < -0.3 is 10.6 Å². The molecule has 0 unspecified atom stereocenters. The lowest BCUT2D eigenvalue weighted by molar-refractivity contribution is 0.102. The van der Waals surface area contributed by atoms with Crippen LogP contribution in [0.25, 0.3) is 10.9 Å². The Labute approximate surface area is 259 Å². The molecule has 6 rings (SSSR count). The van der Waals surface area contributed by atoms with Crippen molar-refractivity contribution < 1.29 is 9.59 Å². The summed E-state index contributed by atoms with van der Waals surface area (Å²) in [5.41, 5.74) is 11.7. The van der Waals surface area contributed by atoms with Crippen LogP contribution in [0.4, 0.5) is 11.4 Å². The van der Waals surface area contributed by atoms with E-state index in [0.717, 1.165) is 54.5 Å². The largest absolute Gasteiger partial charge is 0.322 e. The van der Waals surface area contributed by atoms with Gasteiger partial charge in [-0.2, -0.15) is 0 Å². The van der Waals surface area contributed by atoms with Crippen LogP contribution in [-0.4, -0.2) is 34.8 Å². The molecule has 0 saturated carbocycles. The number of pyridine rings is 1. The number of carbonyl (C=O) groups excluding carboxylic acids is 2. The maximum absolute atomic E-state index is 13.5. The highest BCUT2D eigenvalue weighted by atomic mass is 16.2. The van der Waals surface area contributed by atoms with Crippen molar-refractivity contribution in [2.45, 2.75) is 47.1 Å². The van der Waals surface area contributed by atoms with Crippen molar-refractivity contribution in [1.82, 2.24) is 9.88 Å². The van der Waals surface area contributed by atoms with Gasteiger partial charge in [-0.05, 0) is 116 Å². The highest BCUT2D eigenvalue weighted by molar-refractivity contribution is 6.13. The van der Waals surface area contributed by atoms with Gasteiger partial charge in [0.05, 0.1) is 22.3 Å². The molecule has 5 aromatic rings. The summed E-state index contributed by atoms with van der Waals surface area (Å²) in [5, 5.41) is 6.86. The lowest BCUT2D eigenvalue weighted by Crippen LogP contribution is -2.32. The molecule has 0 fully saturated rings. The molecule has 0 spiro atoms. The summed E-state index contributed by atoms with van der Waals surface area (Å²) in [5.74, 6) is -0.586. The van der Waals surface area contributed by atoms with Crippen LogP contribution in [0.1, 0.15) is 59.7 Å². The summed E-state index contributed by atoms with van der Waals surface area (Å²) in [4.78, 5) is 33.6. The summed E-state index contributed by atoms with van der Waals surface area (Å²) in [6.45, 7) is 11.4. The van der Waals surface area contributed by atoms with Crippen LogP contribution in [0.3, 0.4) is 0 Å². The van der Waals surface area contributed by atoms with Crippen molar-refractivity contribution in [2.75, 3.05) is 23.7 Å². The molecule has 44 heavy (non-hydrogen) atoms. The van der Waals surface area contributed by atoms with Crippen LogP contribution in [0.2, 0.25) is 0 Å². The van der Waals surface area contributed by atoms with Gasteiger partial charge in [0.2, 0.25) is 0 Å². The van der Waals surface area contributed by atoms with E-state index in [2.05, 4.69) is 58.6 Å². The second kappa shape index (κ2) is 12.4. The van der Waals surface area contributed by atoms with Crippen molar-refractivity contribution in [3.8, 4) is 0 Å². The fourth-order valence-electron chi connectivity index (χ4n) is 5.84. The average Bonchev–Trinajstić information content (AvgIpc) is 3.02. The molecule has 0 bridgehead atoms. The molecule has 6 heteroatoms. The molecule has 2 amide bonds. The second-order valence-corrected chi connectivity index (χ2v) is 12.0. The molecular weight excluding hydrogens is 544 g/mol. The Morgan fingerprint density at radius 2 is 1.48 bits per heavy atom. The van der Waals surface area contributed by atoms with Crippen LogP contribution < -0.4 is 10.6 Å². The van der Waals surface area contributed by atoms with Crippen LogP contribution in [0, 0.1) is 27.7 Å². The van der Waals surface area contributed by atoms with Crippen molar-refractivity contribution in [3.63, 3.8) is 0 Å². The van der Waals surface area contributed by atoms with E-state index in [1.807, 2.05) is 68.4 Å². The number of rotatable bonds is 7. The molecule has 222 valence electrons. The van der Waals surface area contributed by atoms with Crippen LogP contribution in [-0.2, 0) is 19.4 Å². The number of hydrogen-bond donors (Lipinski definition) is 2. The third kappa shape index (κ3) is 6.41. The quantitative estimate of drug-likeness (QED) is 0.208. The molecule has 0 radical (unpaired) electrons. The van der Waals surface area contributed by atoms with Gasteiger partial charge in [0, 0.05) is 36.9 Å². The number of nitrogens with zero attached hydrogens (tertiary/aromatic N) is 2. The van der Waals surface area contributed by atoms with E-state index in [0.29, 0.717) is 22.5 Å². The van der Waals surface area contributed by atoms with Gasteiger partial charge in [-0.15, -0.1) is 0 Å². The van der Waals surface area contributed by atoms with E-state index in [9.17, 15) is 9.59 Å². The van der Waals surface area contributed by atoms with E-state index < -0.39 is 0 Å². The highest BCUT2D eigenvalue weighted by Crippen LogP contribution is 2.25. The predicted molar refractivity (Wildman–Crippen MR) is 179 cm³/mol. The Kier molecular flexibility index (Phi) is 8.27. The SMILES string of the molecule is Cc1cc2c(cc1C)CN(CCc1ccc(NC(=O)c3cc(C)c(C)cc3NC(=O)c3cnc4ccccc4c3)cc1)CC2. The topological polar surface area (TPSA) is 74.3 Å². The number of hydrogen-bond acceptors (Lipinski definition) is 4.